The van der Waals surface area contributed by atoms with Crippen molar-refractivity contribution in [1.82, 2.24) is 9.97 Å². The lowest BCUT2D eigenvalue weighted by atomic mass is 9.66. The minimum Gasteiger partial charge on any atom is -0.481 e. The standard InChI is InChI=1S/C19H20N4O2S/c1-25-16-5-2-4-15(23-16)19(8-3-9-19)11-21-18-22-13-7-6-12(17(20)24)10-14(13)26-18/h2,4-7,10H,3,8-9,11H2,1H3,(H2,20,24)(H,21,22). The molecule has 0 spiro atoms. The Morgan fingerprint density at radius 2 is 2.15 bits per heavy atom. The molecule has 1 saturated carbocycles. The third kappa shape index (κ3) is 2.99. The molecule has 0 radical (unpaired) electrons. The smallest absolute Gasteiger partial charge is 0.248 e. The van der Waals surface area contributed by atoms with Gasteiger partial charge in [-0.05, 0) is 37.1 Å². The highest BCUT2D eigenvalue weighted by Crippen LogP contribution is 2.43. The molecule has 0 bridgehead atoms. The molecule has 1 amide bonds. The Hall–Kier alpha value is -2.67. The number of primary amides is 1. The van der Waals surface area contributed by atoms with Crippen LogP contribution >= 0.6 is 11.3 Å². The first-order valence-corrected chi connectivity index (χ1v) is 9.37. The summed E-state index contributed by atoms with van der Waals surface area (Å²) in [5.74, 6) is 0.222. The molecule has 3 N–H and O–H groups in total. The Labute approximate surface area is 155 Å². The van der Waals surface area contributed by atoms with Crippen LogP contribution in [0.25, 0.3) is 10.2 Å². The maximum atomic E-state index is 11.3. The first-order chi connectivity index (χ1) is 12.6. The highest BCUT2D eigenvalue weighted by Gasteiger charge is 2.40. The molecular formula is C19H20N4O2S. The fourth-order valence-electron chi connectivity index (χ4n) is 3.35. The minimum absolute atomic E-state index is 0.0186. The number of thiazole rings is 1. The van der Waals surface area contributed by atoms with Gasteiger partial charge in [0, 0.05) is 23.6 Å². The van der Waals surface area contributed by atoms with Gasteiger partial charge in [-0.2, -0.15) is 0 Å². The molecule has 0 saturated heterocycles. The Kier molecular flexibility index (Phi) is 4.24. The van der Waals surface area contributed by atoms with Crippen LogP contribution in [0, 0.1) is 0 Å². The van der Waals surface area contributed by atoms with E-state index in [4.69, 9.17) is 10.5 Å². The zero-order chi connectivity index (χ0) is 18.1. The maximum absolute atomic E-state index is 11.3. The van der Waals surface area contributed by atoms with Crippen molar-refractivity contribution in [3.05, 3.63) is 47.7 Å². The van der Waals surface area contributed by atoms with Crippen LogP contribution in [-0.2, 0) is 5.41 Å². The van der Waals surface area contributed by atoms with Crippen molar-refractivity contribution in [1.29, 1.82) is 0 Å². The number of hydrogen-bond donors (Lipinski definition) is 2. The average molecular weight is 368 g/mol. The van der Waals surface area contributed by atoms with Crippen LogP contribution in [0.3, 0.4) is 0 Å². The van der Waals surface area contributed by atoms with E-state index in [1.54, 1.807) is 19.2 Å². The van der Waals surface area contributed by atoms with E-state index in [1.807, 2.05) is 18.2 Å². The Balaban J connectivity index is 1.55. The molecule has 0 unspecified atom stereocenters. The van der Waals surface area contributed by atoms with E-state index in [1.165, 1.54) is 17.8 Å². The number of methoxy groups -OCH3 is 1. The van der Waals surface area contributed by atoms with Crippen molar-refractivity contribution in [2.45, 2.75) is 24.7 Å². The van der Waals surface area contributed by atoms with Crippen molar-refractivity contribution >= 4 is 32.6 Å². The van der Waals surface area contributed by atoms with Gasteiger partial charge in [0.25, 0.3) is 0 Å². The summed E-state index contributed by atoms with van der Waals surface area (Å²) in [5.41, 5.74) is 7.80. The summed E-state index contributed by atoms with van der Waals surface area (Å²) in [4.78, 5) is 20.6. The van der Waals surface area contributed by atoms with Crippen LogP contribution in [-0.4, -0.2) is 29.5 Å². The molecule has 1 aliphatic rings. The normalized spacial score (nSPS) is 15.4. The number of benzene rings is 1. The van der Waals surface area contributed by atoms with E-state index in [-0.39, 0.29) is 5.41 Å². The number of nitrogens with zero attached hydrogens (tertiary/aromatic N) is 2. The molecule has 4 rings (SSSR count). The molecule has 3 aromatic rings. The second-order valence-electron chi connectivity index (χ2n) is 6.62. The van der Waals surface area contributed by atoms with Gasteiger partial charge in [0.1, 0.15) is 0 Å². The quantitative estimate of drug-likeness (QED) is 0.696. The zero-order valence-corrected chi connectivity index (χ0v) is 15.3. The first kappa shape index (κ1) is 16.8. The van der Waals surface area contributed by atoms with Gasteiger partial charge in [-0.25, -0.2) is 9.97 Å². The van der Waals surface area contributed by atoms with E-state index in [9.17, 15) is 4.79 Å². The summed E-state index contributed by atoms with van der Waals surface area (Å²) >= 11 is 1.53. The molecule has 2 aromatic heterocycles. The number of carbonyl (C=O) groups is 1. The lowest BCUT2D eigenvalue weighted by molar-refractivity contribution is 0.100. The number of anilines is 1. The topological polar surface area (TPSA) is 90.1 Å². The third-order valence-electron chi connectivity index (χ3n) is 5.04. The van der Waals surface area contributed by atoms with Crippen molar-refractivity contribution in [2.75, 3.05) is 19.0 Å². The van der Waals surface area contributed by atoms with Crippen molar-refractivity contribution in [3.63, 3.8) is 0 Å². The number of amides is 1. The Morgan fingerprint density at radius 1 is 1.31 bits per heavy atom. The molecule has 26 heavy (non-hydrogen) atoms. The summed E-state index contributed by atoms with van der Waals surface area (Å²) < 4.78 is 6.22. The second kappa shape index (κ2) is 6.57. The van der Waals surface area contributed by atoms with E-state index >= 15 is 0 Å². The van der Waals surface area contributed by atoms with Gasteiger partial charge >= 0.3 is 0 Å². The lowest BCUT2D eigenvalue weighted by Gasteiger charge is -2.41. The number of hydrogen-bond acceptors (Lipinski definition) is 6. The molecule has 0 aliphatic heterocycles. The molecule has 6 nitrogen and oxygen atoms in total. The van der Waals surface area contributed by atoms with Crippen LogP contribution in [0.4, 0.5) is 5.13 Å². The molecule has 2 heterocycles. The van der Waals surface area contributed by atoms with Crippen LogP contribution in [0.15, 0.2) is 36.4 Å². The van der Waals surface area contributed by atoms with Crippen molar-refractivity contribution in [3.8, 4) is 5.88 Å². The highest BCUT2D eigenvalue weighted by atomic mass is 32.1. The van der Waals surface area contributed by atoms with Gasteiger partial charge in [-0.15, -0.1) is 0 Å². The van der Waals surface area contributed by atoms with E-state index in [0.29, 0.717) is 11.4 Å². The Bertz CT molecular complexity index is 965. The van der Waals surface area contributed by atoms with Gasteiger partial charge in [-0.1, -0.05) is 23.8 Å². The zero-order valence-electron chi connectivity index (χ0n) is 14.5. The third-order valence-corrected chi connectivity index (χ3v) is 6.01. The molecule has 7 heteroatoms. The molecule has 1 aliphatic carbocycles. The maximum Gasteiger partial charge on any atom is 0.248 e. The lowest BCUT2D eigenvalue weighted by Crippen LogP contribution is -2.41. The van der Waals surface area contributed by atoms with Gasteiger partial charge < -0.3 is 15.8 Å². The monoisotopic (exact) mass is 368 g/mol. The van der Waals surface area contributed by atoms with E-state index in [2.05, 4.69) is 21.4 Å². The number of rotatable bonds is 6. The number of pyridine rings is 1. The van der Waals surface area contributed by atoms with Crippen LogP contribution < -0.4 is 15.8 Å². The molecular weight excluding hydrogens is 348 g/mol. The Morgan fingerprint density at radius 3 is 2.85 bits per heavy atom. The summed E-state index contributed by atoms with van der Waals surface area (Å²) in [7, 11) is 1.64. The van der Waals surface area contributed by atoms with Crippen LogP contribution in [0.5, 0.6) is 5.88 Å². The number of ether oxygens (including phenoxy) is 1. The number of nitrogens with two attached hydrogens (primary N) is 1. The predicted octanol–water partition coefficient (Wildman–Crippen LogP) is 3.33. The number of nitrogens with one attached hydrogen (secondary N) is 1. The van der Waals surface area contributed by atoms with Gasteiger partial charge in [0.2, 0.25) is 11.8 Å². The first-order valence-electron chi connectivity index (χ1n) is 8.55. The predicted molar refractivity (Wildman–Crippen MR) is 103 cm³/mol. The van der Waals surface area contributed by atoms with E-state index < -0.39 is 5.91 Å². The van der Waals surface area contributed by atoms with Gasteiger partial charge in [0.15, 0.2) is 5.13 Å². The van der Waals surface area contributed by atoms with Crippen LogP contribution in [0.2, 0.25) is 0 Å². The molecule has 1 fully saturated rings. The summed E-state index contributed by atoms with van der Waals surface area (Å²) in [6.45, 7) is 0.773. The SMILES string of the molecule is COc1cccc(C2(CNc3nc4ccc(C(N)=O)cc4s3)CCC2)n1. The van der Waals surface area contributed by atoms with Crippen molar-refractivity contribution < 1.29 is 9.53 Å². The molecule has 1 aromatic carbocycles. The van der Waals surface area contributed by atoms with Gasteiger partial charge in [-0.3, -0.25) is 4.79 Å². The minimum atomic E-state index is -0.424. The number of fused-ring (bicyclic) bond motifs is 1. The molecule has 134 valence electrons. The van der Waals surface area contributed by atoms with Crippen LogP contribution in [0.1, 0.15) is 35.3 Å². The van der Waals surface area contributed by atoms with Crippen molar-refractivity contribution in [2.24, 2.45) is 5.73 Å². The fraction of sp³-hybridized carbons (Fsp3) is 0.316. The highest BCUT2D eigenvalue weighted by molar-refractivity contribution is 7.22. The number of aromatic nitrogens is 2. The average Bonchev–Trinajstić information content (AvgIpc) is 3.03. The summed E-state index contributed by atoms with van der Waals surface area (Å²) in [6.07, 6.45) is 3.39. The van der Waals surface area contributed by atoms with Gasteiger partial charge in [0.05, 0.1) is 23.0 Å². The largest absolute Gasteiger partial charge is 0.481 e. The summed E-state index contributed by atoms with van der Waals surface area (Å²) in [6, 6.07) is 11.3. The van der Waals surface area contributed by atoms with E-state index in [0.717, 1.165) is 40.4 Å². The summed E-state index contributed by atoms with van der Waals surface area (Å²) in [5, 5.41) is 4.32. The molecule has 0 atom stereocenters. The fourth-order valence-corrected chi connectivity index (χ4v) is 4.25. The second-order valence-corrected chi connectivity index (χ2v) is 7.65. The number of carbonyl (C=O) groups excluding carboxylic acids is 1.